The van der Waals surface area contributed by atoms with Gasteiger partial charge in [-0.15, -0.1) is 0 Å². The van der Waals surface area contributed by atoms with Crippen LogP contribution < -0.4 is 5.32 Å². The van der Waals surface area contributed by atoms with Crippen LogP contribution in [-0.4, -0.2) is 24.2 Å². The molecule has 1 aromatic rings. The van der Waals surface area contributed by atoms with E-state index in [2.05, 4.69) is 45.9 Å². The third-order valence-corrected chi connectivity index (χ3v) is 3.75. The molecule has 0 atom stereocenters. The summed E-state index contributed by atoms with van der Waals surface area (Å²) in [5.41, 5.74) is 1.28. The van der Waals surface area contributed by atoms with Crippen LogP contribution in [0.3, 0.4) is 0 Å². The number of hydrogen-bond acceptors (Lipinski definition) is 3. The summed E-state index contributed by atoms with van der Waals surface area (Å²) in [4.78, 5) is 4.37. The Morgan fingerprint density at radius 1 is 1.47 bits per heavy atom. The minimum absolute atomic E-state index is 0.519. The Morgan fingerprint density at radius 2 is 2.20 bits per heavy atom. The van der Waals surface area contributed by atoms with Crippen LogP contribution in [-0.2, 0) is 4.74 Å². The molecule has 1 N–H and O–H groups in total. The third kappa shape index (κ3) is 3.04. The second kappa shape index (κ2) is 5.12. The average Bonchev–Trinajstić information content (AvgIpc) is 2.25. The van der Waals surface area contributed by atoms with Crippen molar-refractivity contribution in [3.8, 4) is 0 Å². The lowest BCUT2D eigenvalue weighted by Crippen LogP contribution is -2.28. The molecule has 1 fully saturated rings. The van der Waals surface area contributed by atoms with E-state index < -0.39 is 0 Å². The van der Waals surface area contributed by atoms with E-state index >= 15 is 0 Å². The molecule has 3 nitrogen and oxygen atoms in total. The molecule has 82 valence electrons. The lowest BCUT2D eigenvalue weighted by Gasteiger charge is -2.23. The van der Waals surface area contributed by atoms with Crippen molar-refractivity contribution < 1.29 is 4.74 Å². The van der Waals surface area contributed by atoms with Gasteiger partial charge in [-0.25, -0.2) is 4.98 Å². The van der Waals surface area contributed by atoms with Gasteiger partial charge in [-0.1, -0.05) is 0 Å². The van der Waals surface area contributed by atoms with E-state index in [1.807, 2.05) is 6.20 Å². The number of anilines is 1. The predicted molar refractivity (Wildman–Crippen MR) is 69.2 cm³/mol. The van der Waals surface area contributed by atoms with Gasteiger partial charge in [0.05, 0.1) is 0 Å². The molecule has 2 heterocycles. The highest BCUT2D eigenvalue weighted by molar-refractivity contribution is 14.1. The van der Waals surface area contributed by atoms with E-state index in [0.717, 1.165) is 31.9 Å². The van der Waals surface area contributed by atoms with E-state index in [1.165, 1.54) is 9.13 Å². The van der Waals surface area contributed by atoms with Gasteiger partial charge < -0.3 is 10.1 Å². The quantitative estimate of drug-likeness (QED) is 0.851. The fraction of sp³-hybridized carbons (Fsp3) is 0.545. The zero-order valence-electron chi connectivity index (χ0n) is 8.79. The summed E-state index contributed by atoms with van der Waals surface area (Å²) in [6.45, 7) is 3.83. The Labute approximate surface area is 104 Å². The van der Waals surface area contributed by atoms with Crippen molar-refractivity contribution in [1.82, 2.24) is 4.98 Å². The monoisotopic (exact) mass is 318 g/mol. The second-order valence-electron chi connectivity index (χ2n) is 3.85. The number of hydrogen-bond donors (Lipinski definition) is 1. The maximum atomic E-state index is 5.32. The van der Waals surface area contributed by atoms with Crippen LogP contribution >= 0.6 is 22.6 Å². The van der Waals surface area contributed by atoms with E-state index in [4.69, 9.17) is 4.74 Å². The summed E-state index contributed by atoms with van der Waals surface area (Å²) in [6.07, 6.45) is 4.07. The molecule has 4 heteroatoms. The van der Waals surface area contributed by atoms with Gasteiger partial charge in [-0.05, 0) is 54.0 Å². The summed E-state index contributed by atoms with van der Waals surface area (Å²) >= 11 is 2.30. The molecule has 0 saturated carbocycles. The molecule has 0 amide bonds. The Hall–Kier alpha value is -0.360. The number of nitrogens with one attached hydrogen (secondary N) is 1. The van der Waals surface area contributed by atoms with Crippen LogP contribution in [0.5, 0.6) is 0 Å². The van der Waals surface area contributed by atoms with Crippen LogP contribution in [0.25, 0.3) is 0 Å². The summed E-state index contributed by atoms with van der Waals surface area (Å²) in [6, 6.07) is 2.63. The maximum Gasteiger partial charge on any atom is 0.126 e. The van der Waals surface area contributed by atoms with Gasteiger partial charge in [0.1, 0.15) is 5.82 Å². The summed E-state index contributed by atoms with van der Waals surface area (Å²) in [7, 11) is 0. The van der Waals surface area contributed by atoms with Crippen LogP contribution in [0.4, 0.5) is 5.82 Å². The van der Waals surface area contributed by atoms with Gasteiger partial charge in [-0.3, -0.25) is 0 Å². The summed E-state index contributed by atoms with van der Waals surface area (Å²) in [5, 5.41) is 3.45. The Balaban J connectivity index is 2.00. The van der Waals surface area contributed by atoms with E-state index in [0.29, 0.717) is 6.04 Å². The van der Waals surface area contributed by atoms with Gasteiger partial charge in [0.15, 0.2) is 0 Å². The summed E-state index contributed by atoms with van der Waals surface area (Å²) < 4.78 is 6.53. The van der Waals surface area contributed by atoms with Crippen LogP contribution in [0.2, 0.25) is 0 Å². The topological polar surface area (TPSA) is 34.1 Å². The fourth-order valence-electron chi connectivity index (χ4n) is 1.67. The van der Waals surface area contributed by atoms with Crippen molar-refractivity contribution in [3.05, 3.63) is 21.4 Å². The zero-order valence-corrected chi connectivity index (χ0v) is 11.0. The molecule has 15 heavy (non-hydrogen) atoms. The molecule has 0 aromatic carbocycles. The molecule has 2 rings (SSSR count). The minimum Gasteiger partial charge on any atom is -0.381 e. The first kappa shape index (κ1) is 11.1. The first-order valence-corrected chi connectivity index (χ1v) is 6.30. The lowest BCUT2D eigenvalue weighted by atomic mass is 10.1. The number of rotatable bonds is 2. The van der Waals surface area contributed by atoms with Gasteiger partial charge in [0.25, 0.3) is 0 Å². The number of ether oxygens (including phenoxy) is 1. The second-order valence-corrected chi connectivity index (χ2v) is 5.01. The number of pyridine rings is 1. The van der Waals surface area contributed by atoms with E-state index in [1.54, 1.807) is 0 Å². The average molecular weight is 318 g/mol. The Kier molecular flexibility index (Phi) is 3.80. The molecular formula is C11H15IN2O. The van der Waals surface area contributed by atoms with Crippen LogP contribution in [0.15, 0.2) is 12.3 Å². The molecule has 0 spiro atoms. The number of nitrogens with zero attached hydrogens (tertiary/aromatic N) is 1. The van der Waals surface area contributed by atoms with Crippen LogP contribution in [0.1, 0.15) is 18.4 Å². The van der Waals surface area contributed by atoms with Crippen molar-refractivity contribution in [2.24, 2.45) is 0 Å². The highest BCUT2D eigenvalue weighted by Crippen LogP contribution is 2.17. The fourth-order valence-corrected chi connectivity index (χ4v) is 1.96. The largest absolute Gasteiger partial charge is 0.381 e. The number of aryl methyl sites for hydroxylation is 1. The smallest absolute Gasteiger partial charge is 0.126 e. The van der Waals surface area contributed by atoms with Crippen molar-refractivity contribution in [1.29, 1.82) is 0 Å². The highest BCUT2D eigenvalue weighted by atomic mass is 127. The zero-order chi connectivity index (χ0) is 10.7. The summed E-state index contributed by atoms with van der Waals surface area (Å²) in [5.74, 6) is 0.986. The van der Waals surface area contributed by atoms with Gasteiger partial charge in [-0.2, -0.15) is 0 Å². The SMILES string of the molecule is Cc1cc(NC2CCOCC2)ncc1I. The normalized spacial score (nSPS) is 17.7. The Bertz CT molecular complexity index is 337. The molecule has 1 aliphatic rings. The molecule has 1 aliphatic heterocycles. The molecule has 0 aliphatic carbocycles. The minimum atomic E-state index is 0.519. The lowest BCUT2D eigenvalue weighted by molar-refractivity contribution is 0.0904. The van der Waals surface area contributed by atoms with Crippen LogP contribution in [0, 0.1) is 10.5 Å². The maximum absolute atomic E-state index is 5.32. The van der Waals surface area contributed by atoms with Gasteiger partial charge in [0, 0.05) is 29.0 Å². The molecule has 1 aromatic heterocycles. The molecule has 1 saturated heterocycles. The van der Waals surface area contributed by atoms with Crippen molar-refractivity contribution in [2.75, 3.05) is 18.5 Å². The molecule has 0 bridgehead atoms. The highest BCUT2D eigenvalue weighted by Gasteiger charge is 2.13. The van der Waals surface area contributed by atoms with Gasteiger partial charge in [0.2, 0.25) is 0 Å². The molecule has 0 radical (unpaired) electrons. The first-order valence-electron chi connectivity index (χ1n) is 5.22. The van der Waals surface area contributed by atoms with E-state index in [9.17, 15) is 0 Å². The van der Waals surface area contributed by atoms with Crippen molar-refractivity contribution in [3.63, 3.8) is 0 Å². The molecule has 0 unspecified atom stereocenters. The van der Waals surface area contributed by atoms with Crippen molar-refractivity contribution in [2.45, 2.75) is 25.8 Å². The first-order chi connectivity index (χ1) is 7.25. The standard InChI is InChI=1S/C11H15IN2O/c1-8-6-11(13-7-10(8)12)14-9-2-4-15-5-3-9/h6-7,9H,2-5H2,1H3,(H,13,14). The van der Waals surface area contributed by atoms with Crippen molar-refractivity contribution >= 4 is 28.4 Å². The van der Waals surface area contributed by atoms with E-state index in [-0.39, 0.29) is 0 Å². The van der Waals surface area contributed by atoms with Gasteiger partial charge >= 0.3 is 0 Å². The Morgan fingerprint density at radius 3 is 2.87 bits per heavy atom. The third-order valence-electron chi connectivity index (χ3n) is 2.62. The predicted octanol–water partition coefficient (Wildman–Crippen LogP) is 2.59. The number of aromatic nitrogens is 1. The number of halogens is 1. The molecular weight excluding hydrogens is 303 g/mol.